The van der Waals surface area contributed by atoms with Crippen LogP contribution >= 0.6 is 11.3 Å². The van der Waals surface area contributed by atoms with Gasteiger partial charge >= 0.3 is 5.97 Å². The number of hydrogen-bond acceptors (Lipinski definition) is 7. The first-order chi connectivity index (χ1) is 12.6. The predicted molar refractivity (Wildman–Crippen MR) is 96.2 cm³/mol. The van der Waals surface area contributed by atoms with Crippen LogP contribution in [-0.4, -0.2) is 44.9 Å². The minimum Gasteiger partial charge on any atom is -0.461 e. The van der Waals surface area contributed by atoms with Crippen LogP contribution in [0.1, 0.15) is 30.3 Å². The molecule has 0 unspecified atom stereocenters. The summed E-state index contributed by atoms with van der Waals surface area (Å²) in [7, 11) is 0. The van der Waals surface area contributed by atoms with Crippen LogP contribution in [0.3, 0.4) is 0 Å². The molecular weight excluding hydrogens is 357 g/mol. The number of carbonyl (C=O) groups excluding carboxylic acids is 1. The maximum atomic E-state index is 12.8. The zero-order chi connectivity index (χ0) is 18.1. The number of anilines is 1. The molecule has 26 heavy (non-hydrogen) atoms. The number of carbonyl (C=O) groups is 1. The van der Waals surface area contributed by atoms with Gasteiger partial charge in [0.1, 0.15) is 29.1 Å². The standard InChI is InChI=1S/C17H18FN5O2S/c1-2-25-16(24)14-9-26-17-20-13(8-23(14)17)12-3-4-15(22-21-12)19-7-10-5-11(18)6-10/h3-4,8-11H,2,5-7H2,1H3,(H,19,22). The van der Waals surface area contributed by atoms with E-state index in [4.69, 9.17) is 4.74 Å². The summed E-state index contributed by atoms with van der Waals surface area (Å²) in [6.07, 6.45) is 2.34. The van der Waals surface area contributed by atoms with Crippen molar-refractivity contribution in [1.82, 2.24) is 19.6 Å². The molecule has 3 aromatic rings. The summed E-state index contributed by atoms with van der Waals surface area (Å²) in [4.78, 5) is 17.1. The van der Waals surface area contributed by atoms with Gasteiger partial charge in [0, 0.05) is 18.1 Å². The molecule has 1 saturated carbocycles. The normalized spacial score (nSPS) is 19.3. The van der Waals surface area contributed by atoms with Crippen LogP contribution in [0.15, 0.2) is 23.7 Å². The van der Waals surface area contributed by atoms with Crippen molar-refractivity contribution >= 4 is 28.1 Å². The lowest BCUT2D eigenvalue weighted by Gasteiger charge is -2.29. The minimum absolute atomic E-state index is 0.324. The summed E-state index contributed by atoms with van der Waals surface area (Å²) in [5.41, 5.74) is 1.71. The number of aromatic nitrogens is 4. The van der Waals surface area contributed by atoms with E-state index in [1.54, 1.807) is 22.9 Å². The van der Waals surface area contributed by atoms with Crippen LogP contribution in [0.4, 0.5) is 10.2 Å². The van der Waals surface area contributed by atoms with Gasteiger partial charge in [0.2, 0.25) is 0 Å². The molecular formula is C17H18FN5O2S. The Bertz CT molecular complexity index is 917. The van der Waals surface area contributed by atoms with Gasteiger partial charge in [-0.05, 0) is 37.8 Å². The van der Waals surface area contributed by atoms with Crippen LogP contribution in [0.5, 0.6) is 0 Å². The molecule has 0 aliphatic heterocycles. The second kappa shape index (κ2) is 6.99. The van der Waals surface area contributed by atoms with Crippen molar-refractivity contribution in [2.24, 2.45) is 5.92 Å². The van der Waals surface area contributed by atoms with Crippen molar-refractivity contribution in [3.63, 3.8) is 0 Å². The zero-order valence-corrected chi connectivity index (χ0v) is 15.0. The van der Waals surface area contributed by atoms with Crippen molar-refractivity contribution in [2.75, 3.05) is 18.5 Å². The SMILES string of the molecule is CCOC(=O)c1csc2nc(-c3ccc(NCC4CC(F)C4)nn3)cn12. The third kappa shape index (κ3) is 3.26. The number of esters is 1. The molecule has 4 rings (SSSR count). The number of halogens is 1. The minimum atomic E-state index is -0.649. The Morgan fingerprint density at radius 2 is 2.23 bits per heavy atom. The molecule has 0 aromatic carbocycles. The Hall–Kier alpha value is -2.55. The third-order valence-corrected chi connectivity index (χ3v) is 5.21. The van der Waals surface area contributed by atoms with Crippen LogP contribution in [0, 0.1) is 5.92 Å². The quantitative estimate of drug-likeness (QED) is 0.667. The molecule has 0 bridgehead atoms. The van der Waals surface area contributed by atoms with E-state index in [1.807, 2.05) is 12.1 Å². The van der Waals surface area contributed by atoms with E-state index in [0.717, 1.165) is 0 Å². The Morgan fingerprint density at radius 3 is 2.92 bits per heavy atom. The summed E-state index contributed by atoms with van der Waals surface area (Å²) < 4.78 is 19.6. The Kier molecular flexibility index (Phi) is 4.54. The molecule has 1 aliphatic carbocycles. The van der Waals surface area contributed by atoms with E-state index >= 15 is 0 Å². The van der Waals surface area contributed by atoms with Crippen molar-refractivity contribution in [2.45, 2.75) is 25.9 Å². The third-order valence-electron chi connectivity index (χ3n) is 4.37. The molecule has 0 saturated heterocycles. The first-order valence-electron chi connectivity index (χ1n) is 8.49. The van der Waals surface area contributed by atoms with Crippen LogP contribution in [0.25, 0.3) is 16.3 Å². The van der Waals surface area contributed by atoms with Gasteiger partial charge in [0.05, 0.1) is 6.61 Å². The highest BCUT2D eigenvalue weighted by atomic mass is 32.1. The topological polar surface area (TPSA) is 81.4 Å². The molecule has 0 amide bonds. The second-order valence-corrected chi connectivity index (χ2v) is 7.08. The predicted octanol–water partition coefficient (Wildman–Crippen LogP) is 3.19. The van der Waals surface area contributed by atoms with Gasteiger partial charge in [0.15, 0.2) is 4.96 Å². The molecule has 7 nitrogen and oxygen atoms in total. The van der Waals surface area contributed by atoms with Crippen molar-refractivity contribution in [3.8, 4) is 11.4 Å². The monoisotopic (exact) mass is 375 g/mol. The summed E-state index contributed by atoms with van der Waals surface area (Å²) in [6, 6.07) is 3.65. The molecule has 136 valence electrons. The molecule has 3 heterocycles. The van der Waals surface area contributed by atoms with E-state index in [2.05, 4.69) is 20.5 Å². The highest BCUT2D eigenvalue weighted by Gasteiger charge is 2.28. The number of thiazole rings is 1. The fourth-order valence-electron chi connectivity index (χ4n) is 2.89. The van der Waals surface area contributed by atoms with Gasteiger partial charge in [0.25, 0.3) is 0 Å². The Balaban J connectivity index is 1.47. The summed E-state index contributed by atoms with van der Waals surface area (Å²) in [6.45, 7) is 2.80. The van der Waals surface area contributed by atoms with E-state index in [1.165, 1.54) is 11.3 Å². The van der Waals surface area contributed by atoms with Gasteiger partial charge in [-0.25, -0.2) is 14.2 Å². The number of rotatable bonds is 6. The fourth-order valence-corrected chi connectivity index (χ4v) is 3.73. The van der Waals surface area contributed by atoms with Gasteiger partial charge in [-0.15, -0.1) is 21.5 Å². The van der Waals surface area contributed by atoms with Crippen molar-refractivity contribution < 1.29 is 13.9 Å². The van der Waals surface area contributed by atoms with Crippen molar-refractivity contribution in [1.29, 1.82) is 0 Å². The number of alkyl halides is 1. The number of ether oxygens (including phenoxy) is 1. The Labute approximate surface area is 153 Å². The average molecular weight is 375 g/mol. The molecule has 1 N–H and O–H groups in total. The molecule has 9 heteroatoms. The first-order valence-corrected chi connectivity index (χ1v) is 9.37. The van der Waals surface area contributed by atoms with E-state index in [0.29, 0.717) is 59.8 Å². The number of imidazole rings is 1. The molecule has 0 radical (unpaired) electrons. The van der Waals surface area contributed by atoms with E-state index in [-0.39, 0.29) is 5.97 Å². The number of hydrogen-bond donors (Lipinski definition) is 1. The summed E-state index contributed by atoms with van der Waals surface area (Å²) >= 11 is 1.37. The van der Waals surface area contributed by atoms with Gasteiger partial charge < -0.3 is 10.1 Å². The lowest BCUT2D eigenvalue weighted by Crippen LogP contribution is -2.30. The second-order valence-electron chi connectivity index (χ2n) is 6.24. The molecule has 1 fully saturated rings. The number of fused-ring (bicyclic) bond motifs is 1. The first kappa shape index (κ1) is 16.9. The van der Waals surface area contributed by atoms with Crippen LogP contribution in [-0.2, 0) is 4.74 Å². The molecule has 1 aliphatic rings. The van der Waals surface area contributed by atoms with Crippen LogP contribution in [0.2, 0.25) is 0 Å². The average Bonchev–Trinajstić information content (AvgIpc) is 3.19. The smallest absolute Gasteiger partial charge is 0.356 e. The van der Waals surface area contributed by atoms with Crippen molar-refractivity contribution in [3.05, 3.63) is 29.4 Å². The van der Waals surface area contributed by atoms with Crippen LogP contribution < -0.4 is 5.32 Å². The molecule has 0 atom stereocenters. The zero-order valence-electron chi connectivity index (χ0n) is 14.2. The maximum Gasteiger partial charge on any atom is 0.356 e. The Morgan fingerprint density at radius 1 is 1.38 bits per heavy atom. The number of nitrogens with zero attached hydrogens (tertiary/aromatic N) is 4. The molecule has 3 aromatic heterocycles. The fraction of sp³-hybridized carbons (Fsp3) is 0.412. The summed E-state index contributed by atoms with van der Waals surface area (Å²) in [5, 5.41) is 13.3. The largest absolute Gasteiger partial charge is 0.461 e. The molecule has 0 spiro atoms. The maximum absolute atomic E-state index is 12.8. The summed E-state index contributed by atoms with van der Waals surface area (Å²) in [5.74, 6) is 0.650. The van der Waals surface area contributed by atoms with Gasteiger partial charge in [-0.2, -0.15) is 0 Å². The highest BCUT2D eigenvalue weighted by molar-refractivity contribution is 7.15. The highest BCUT2D eigenvalue weighted by Crippen LogP contribution is 2.30. The van der Waals surface area contributed by atoms with E-state index in [9.17, 15) is 9.18 Å². The van der Waals surface area contributed by atoms with Gasteiger partial charge in [-0.1, -0.05) is 0 Å². The van der Waals surface area contributed by atoms with E-state index < -0.39 is 6.17 Å². The van der Waals surface area contributed by atoms with Gasteiger partial charge in [-0.3, -0.25) is 4.40 Å². The number of nitrogens with one attached hydrogen (secondary N) is 1. The lowest BCUT2D eigenvalue weighted by molar-refractivity contribution is 0.0518. The lowest BCUT2D eigenvalue weighted by atomic mass is 9.83.